The molecule has 114 valence electrons. The number of amides is 1. The molecule has 2 rings (SSSR count). The second kappa shape index (κ2) is 7.27. The zero-order valence-electron chi connectivity index (χ0n) is 12.8. The van der Waals surface area contributed by atoms with Crippen LogP contribution in [-0.2, 0) is 11.2 Å². The maximum atomic E-state index is 12.4. The number of nitrogens with zero attached hydrogens (tertiary/aromatic N) is 1. The molecule has 21 heavy (non-hydrogen) atoms. The van der Waals surface area contributed by atoms with Gasteiger partial charge in [-0.3, -0.25) is 4.79 Å². The van der Waals surface area contributed by atoms with Gasteiger partial charge in [-0.15, -0.1) is 0 Å². The largest absolute Gasteiger partial charge is 0.492 e. The molecule has 0 fully saturated rings. The minimum atomic E-state index is 0.175. The Bertz CT molecular complexity index is 494. The molecule has 0 bridgehead atoms. The monoisotopic (exact) mass is 288 g/mol. The van der Waals surface area contributed by atoms with Gasteiger partial charge in [-0.2, -0.15) is 0 Å². The van der Waals surface area contributed by atoms with E-state index in [9.17, 15) is 4.79 Å². The summed E-state index contributed by atoms with van der Waals surface area (Å²) in [4.78, 5) is 14.4. The fraction of sp³-hybridized carbons (Fsp3) is 0.471. The van der Waals surface area contributed by atoms with Gasteiger partial charge in [0.2, 0.25) is 5.91 Å². The topological polar surface area (TPSA) is 55.6 Å². The van der Waals surface area contributed by atoms with Crippen LogP contribution < -0.4 is 10.5 Å². The Labute approximate surface area is 126 Å². The van der Waals surface area contributed by atoms with E-state index in [1.54, 1.807) is 0 Å². The van der Waals surface area contributed by atoms with E-state index in [2.05, 4.69) is 26.0 Å². The minimum absolute atomic E-state index is 0.175. The molecule has 1 aliphatic rings. The predicted octanol–water partition coefficient (Wildman–Crippen LogP) is 1.99. The molecule has 1 aliphatic heterocycles. The molecular formula is C17H24N2O2. The first-order valence-corrected chi connectivity index (χ1v) is 7.49. The normalized spacial score (nSPS) is 17.5. The Morgan fingerprint density at radius 2 is 2.10 bits per heavy atom. The second-order valence-corrected chi connectivity index (χ2v) is 5.67. The number of hydrogen-bond donors (Lipinski definition) is 1. The summed E-state index contributed by atoms with van der Waals surface area (Å²) in [5.41, 5.74) is 6.41. The molecule has 1 heterocycles. The van der Waals surface area contributed by atoms with Gasteiger partial charge < -0.3 is 15.4 Å². The lowest BCUT2D eigenvalue weighted by Crippen LogP contribution is -2.39. The van der Waals surface area contributed by atoms with Crippen LogP contribution in [0.25, 0.3) is 0 Å². The summed E-state index contributed by atoms with van der Waals surface area (Å²) in [6, 6.07) is 7.89. The number of carbonyl (C=O) groups excluding carboxylic acids is 1. The van der Waals surface area contributed by atoms with Gasteiger partial charge in [-0.25, -0.2) is 0 Å². The number of rotatable bonds is 6. The van der Waals surface area contributed by atoms with Crippen LogP contribution >= 0.6 is 0 Å². The van der Waals surface area contributed by atoms with Gasteiger partial charge in [0.25, 0.3) is 0 Å². The SMILES string of the molecule is CC(C)[C@@H]1C=CCN1C(=O)Cc1ccc(OCCN)cc1. The van der Waals surface area contributed by atoms with Crippen LogP contribution in [0, 0.1) is 5.92 Å². The van der Waals surface area contributed by atoms with E-state index in [0.29, 0.717) is 25.5 Å². The molecule has 0 saturated heterocycles. The standard InChI is InChI=1S/C17H24N2O2/c1-13(2)16-4-3-10-19(16)17(20)12-14-5-7-15(8-6-14)21-11-9-18/h3-8,13,16H,9-12,18H2,1-2H3/t16-/m0/s1. The average Bonchev–Trinajstić information content (AvgIpc) is 2.96. The van der Waals surface area contributed by atoms with Gasteiger partial charge in [0.05, 0.1) is 12.5 Å². The van der Waals surface area contributed by atoms with Crippen molar-refractivity contribution in [3.8, 4) is 5.75 Å². The summed E-state index contributed by atoms with van der Waals surface area (Å²) in [5.74, 6) is 1.41. The van der Waals surface area contributed by atoms with Gasteiger partial charge in [-0.1, -0.05) is 38.1 Å². The van der Waals surface area contributed by atoms with Crippen LogP contribution in [-0.4, -0.2) is 36.5 Å². The van der Waals surface area contributed by atoms with Gasteiger partial charge >= 0.3 is 0 Å². The molecular weight excluding hydrogens is 264 g/mol. The number of hydrogen-bond acceptors (Lipinski definition) is 3. The van der Waals surface area contributed by atoms with Crippen LogP contribution in [0.1, 0.15) is 19.4 Å². The summed E-state index contributed by atoms with van der Waals surface area (Å²) in [7, 11) is 0. The van der Waals surface area contributed by atoms with Gasteiger partial charge in [0, 0.05) is 13.1 Å². The Morgan fingerprint density at radius 3 is 2.71 bits per heavy atom. The van der Waals surface area contributed by atoms with E-state index in [1.165, 1.54) is 0 Å². The van der Waals surface area contributed by atoms with Crippen molar-refractivity contribution in [2.45, 2.75) is 26.3 Å². The van der Waals surface area contributed by atoms with Gasteiger partial charge in [0.15, 0.2) is 0 Å². The molecule has 1 atom stereocenters. The number of carbonyl (C=O) groups is 1. The molecule has 2 N–H and O–H groups in total. The van der Waals surface area contributed by atoms with Crippen LogP contribution in [0.2, 0.25) is 0 Å². The quantitative estimate of drug-likeness (QED) is 0.814. The van der Waals surface area contributed by atoms with Crippen molar-refractivity contribution in [3.63, 3.8) is 0 Å². The Balaban J connectivity index is 1.93. The third kappa shape index (κ3) is 4.08. The Hall–Kier alpha value is -1.81. The molecule has 4 nitrogen and oxygen atoms in total. The highest BCUT2D eigenvalue weighted by Crippen LogP contribution is 2.20. The van der Waals surface area contributed by atoms with E-state index in [0.717, 1.165) is 17.9 Å². The van der Waals surface area contributed by atoms with Crippen molar-refractivity contribution in [2.75, 3.05) is 19.7 Å². The second-order valence-electron chi connectivity index (χ2n) is 5.67. The molecule has 1 aromatic carbocycles. The molecule has 0 unspecified atom stereocenters. The summed E-state index contributed by atoms with van der Waals surface area (Å²) >= 11 is 0. The van der Waals surface area contributed by atoms with E-state index in [1.807, 2.05) is 29.2 Å². The Morgan fingerprint density at radius 1 is 1.38 bits per heavy atom. The summed E-state index contributed by atoms with van der Waals surface area (Å²) in [6.45, 7) is 6.01. The maximum absolute atomic E-state index is 12.4. The molecule has 0 aromatic heterocycles. The van der Waals surface area contributed by atoms with E-state index >= 15 is 0 Å². The van der Waals surface area contributed by atoms with Gasteiger partial charge in [0.1, 0.15) is 12.4 Å². The molecule has 0 aliphatic carbocycles. The predicted molar refractivity (Wildman–Crippen MR) is 84.2 cm³/mol. The van der Waals surface area contributed by atoms with Crippen molar-refractivity contribution in [2.24, 2.45) is 11.7 Å². The number of nitrogens with two attached hydrogens (primary N) is 1. The molecule has 1 aromatic rings. The minimum Gasteiger partial charge on any atom is -0.492 e. The van der Waals surface area contributed by atoms with Crippen LogP contribution in [0.5, 0.6) is 5.75 Å². The highest BCUT2D eigenvalue weighted by atomic mass is 16.5. The maximum Gasteiger partial charge on any atom is 0.227 e. The lowest BCUT2D eigenvalue weighted by Gasteiger charge is -2.27. The van der Waals surface area contributed by atoms with Crippen molar-refractivity contribution in [3.05, 3.63) is 42.0 Å². The third-order valence-electron chi connectivity index (χ3n) is 3.66. The molecule has 0 radical (unpaired) electrons. The van der Waals surface area contributed by atoms with Crippen molar-refractivity contribution < 1.29 is 9.53 Å². The zero-order valence-corrected chi connectivity index (χ0v) is 12.8. The first-order chi connectivity index (χ1) is 10.1. The molecule has 0 spiro atoms. The summed E-state index contributed by atoms with van der Waals surface area (Å²) < 4.78 is 5.43. The highest BCUT2D eigenvalue weighted by molar-refractivity contribution is 5.80. The zero-order chi connectivity index (χ0) is 15.2. The van der Waals surface area contributed by atoms with E-state index in [-0.39, 0.29) is 11.9 Å². The third-order valence-corrected chi connectivity index (χ3v) is 3.66. The smallest absolute Gasteiger partial charge is 0.227 e. The average molecular weight is 288 g/mol. The van der Waals surface area contributed by atoms with Crippen molar-refractivity contribution in [1.82, 2.24) is 4.90 Å². The first-order valence-electron chi connectivity index (χ1n) is 7.49. The summed E-state index contributed by atoms with van der Waals surface area (Å²) in [6.07, 6.45) is 4.64. The van der Waals surface area contributed by atoms with Crippen molar-refractivity contribution >= 4 is 5.91 Å². The first kappa shape index (κ1) is 15.6. The fourth-order valence-corrected chi connectivity index (χ4v) is 2.55. The van der Waals surface area contributed by atoms with Crippen molar-refractivity contribution in [1.29, 1.82) is 0 Å². The fourth-order valence-electron chi connectivity index (χ4n) is 2.55. The van der Waals surface area contributed by atoms with Crippen LogP contribution in [0.15, 0.2) is 36.4 Å². The lowest BCUT2D eigenvalue weighted by atomic mass is 10.0. The van der Waals surface area contributed by atoms with E-state index < -0.39 is 0 Å². The number of ether oxygens (including phenoxy) is 1. The Kier molecular flexibility index (Phi) is 5.39. The highest BCUT2D eigenvalue weighted by Gasteiger charge is 2.26. The molecule has 1 amide bonds. The van der Waals surface area contributed by atoms with Crippen LogP contribution in [0.4, 0.5) is 0 Å². The lowest BCUT2D eigenvalue weighted by molar-refractivity contribution is -0.131. The molecule has 4 heteroatoms. The van der Waals surface area contributed by atoms with Gasteiger partial charge in [-0.05, 0) is 23.6 Å². The van der Waals surface area contributed by atoms with E-state index in [4.69, 9.17) is 10.5 Å². The molecule has 0 saturated carbocycles. The summed E-state index contributed by atoms with van der Waals surface area (Å²) in [5, 5.41) is 0. The van der Waals surface area contributed by atoms with Crippen LogP contribution in [0.3, 0.4) is 0 Å². The number of benzene rings is 1.